The van der Waals surface area contributed by atoms with Crippen LogP contribution in [0.1, 0.15) is 11.6 Å². The molecule has 1 aliphatic heterocycles. The van der Waals surface area contributed by atoms with Gasteiger partial charge in [0.1, 0.15) is 6.04 Å². The van der Waals surface area contributed by atoms with E-state index in [1.165, 1.54) is 5.56 Å². The zero-order valence-electron chi connectivity index (χ0n) is 15.9. The van der Waals surface area contributed by atoms with Crippen LogP contribution in [0.4, 0.5) is 11.6 Å². The number of hydrogen-bond acceptors (Lipinski definition) is 2. The van der Waals surface area contributed by atoms with Gasteiger partial charge in [-0.15, -0.1) is 0 Å². The number of hydrogen-bond donors (Lipinski definition) is 0. The Morgan fingerprint density at radius 3 is 2.23 bits per heavy atom. The van der Waals surface area contributed by atoms with Crippen LogP contribution in [0.3, 0.4) is 0 Å². The molecule has 0 N–H and O–H groups in total. The summed E-state index contributed by atoms with van der Waals surface area (Å²) in [4.78, 5) is 19.3. The summed E-state index contributed by atoms with van der Waals surface area (Å²) in [6.45, 7) is 0. The number of carbonyl (C=O) groups is 1. The van der Waals surface area contributed by atoms with Crippen LogP contribution >= 0.6 is 23.2 Å². The third kappa shape index (κ3) is 3.38. The normalized spacial score (nSPS) is 15.5. The smallest absolute Gasteiger partial charge is 0.257 e. The van der Waals surface area contributed by atoms with E-state index in [0.717, 1.165) is 11.1 Å². The van der Waals surface area contributed by atoms with E-state index < -0.39 is 0 Å². The second-order valence-corrected chi connectivity index (χ2v) is 8.09. The van der Waals surface area contributed by atoms with E-state index in [1.54, 1.807) is 29.3 Å². The van der Waals surface area contributed by atoms with E-state index in [4.69, 9.17) is 23.2 Å². The molecule has 3 aromatic carbocycles. The molecule has 148 valence electrons. The molecular weight excluding hydrogens is 417 g/mol. The van der Waals surface area contributed by atoms with E-state index in [9.17, 15) is 4.79 Å². The van der Waals surface area contributed by atoms with E-state index >= 15 is 0 Å². The summed E-state index contributed by atoms with van der Waals surface area (Å²) in [6, 6.07) is 23.3. The van der Waals surface area contributed by atoms with Crippen molar-refractivity contribution in [1.29, 1.82) is 0 Å². The molecule has 1 aliphatic rings. The fraction of sp³-hybridized carbons (Fsp3) is 0.0833. The maximum Gasteiger partial charge on any atom is 0.257 e. The van der Waals surface area contributed by atoms with Crippen LogP contribution in [-0.4, -0.2) is 15.5 Å². The highest BCUT2D eigenvalue weighted by atomic mass is 35.5. The number of nitrogens with zero attached hydrogens (tertiary/aromatic N) is 3. The third-order valence-corrected chi connectivity index (χ3v) is 5.72. The summed E-state index contributed by atoms with van der Waals surface area (Å²) in [5, 5.41) is 0.951. The molecule has 0 saturated carbocycles. The Morgan fingerprint density at radius 1 is 0.867 bits per heavy atom. The Kier molecular flexibility index (Phi) is 4.81. The summed E-state index contributed by atoms with van der Waals surface area (Å²) < 4.78 is 1.91. The number of amides is 1. The molecule has 4 nitrogen and oxygen atoms in total. The van der Waals surface area contributed by atoms with Crippen molar-refractivity contribution in [3.05, 3.63) is 101 Å². The molecule has 0 radical (unpaired) electrons. The Balaban J connectivity index is 1.44. The highest BCUT2D eigenvalue weighted by molar-refractivity contribution is 6.35. The van der Waals surface area contributed by atoms with Crippen LogP contribution < -0.4 is 4.90 Å². The van der Waals surface area contributed by atoms with Crippen molar-refractivity contribution in [3.63, 3.8) is 0 Å². The summed E-state index contributed by atoms with van der Waals surface area (Å²) >= 11 is 12.3. The molecule has 2 heterocycles. The van der Waals surface area contributed by atoms with Crippen molar-refractivity contribution in [3.8, 4) is 11.1 Å². The molecule has 0 bridgehead atoms. The van der Waals surface area contributed by atoms with Gasteiger partial charge in [-0.05, 0) is 34.9 Å². The molecule has 0 fully saturated rings. The van der Waals surface area contributed by atoms with Gasteiger partial charge in [0, 0.05) is 28.9 Å². The summed E-state index contributed by atoms with van der Waals surface area (Å²) in [5.41, 5.74) is 4.02. The fourth-order valence-corrected chi connectivity index (χ4v) is 4.39. The van der Waals surface area contributed by atoms with Gasteiger partial charge < -0.3 is 4.57 Å². The number of anilines is 2. The van der Waals surface area contributed by atoms with Crippen LogP contribution in [0.5, 0.6) is 0 Å². The zero-order chi connectivity index (χ0) is 20.7. The predicted molar refractivity (Wildman–Crippen MR) is 120 cm³/mol. The van der Waals surface area contributed by atoms with Crippen molar-refractivity contribution >= 4 is 40.7 Å². The van der Waals surface area contributed by atoms with Crippen molar-refractivity contribution < 1.29 is 4.79 Å². The Morgan fingerprint density at radius 2 is 1.53 bits per heavy atom. The first-order valence-corrected chi connectivity index (χ1v) is 10.3. The standard InChI is InChI=1S/C24H17Cl2N3O/c25-19-13-20(26)15-21(14-19)29-23(30)22(28-11-10-27-24(28)29)12-16-6-8-18(9-7-16)17-4-2-1-3-5-17/h1-11,13-15,22H,12H2. The molecule has 30 heavy (non-hydrogen) atoms. The van der Waals surface area contributed by atoms with E-state index in [0.29, 0.717) is 28.1 Å². The highest BCUT2D eigenvalue weighted by Gasteiger charge is 2.39. The lowest BCUT2D eigenvalue weighted by Gasteiger charge is -2.16. The van der Waals surface area contributed by atoms with E-state index in [1.807, 2.05) is 29.0 Å². The van der Waals surface area contributed by atoms with Crippen LogP contribution in [-0.2, 0) is 11.2 Å². The number of halogens is 2. The van der Waals surface area contributed by atoms with Crippen molar-refractivity contribution in [2.45, 2.75) is 12.5 Å². The Bertz CT molecular complexity index is 1200. The molecule has 0 spiro atoms. The van der Waals surface area contributed by atoms with Gasteiger partial charge in [0.25, 0.3) is 5.91 Å². The van der Waals surface area contributed by atoms with Crippen LogP contribution in [0.25, 0.3) is 11.1 Å². The number of fused-ring (bicyclic) bond motifs is 1. The molecule has 1 atom stereocenters. The average Bonchev–Trinajstić information content (AvgIpc) is 3.30. The minimum atomic E-state index is -0.372. The van der Waals surface area contributed by atoms with Gasteiger partial charge in [0.2, 0.25) is 5.95 Å². The van der Waals surface area contributed by atoms with Gasteiger partial charge in [-0.1, -0.05) is 77.8 Å². The number of carbonyl (C=O) groups excluding carboxylic acids is 1. The van der Waals surface area contributed by atoms with Crippen LogP contribution in [0.15, 0.2) is 85.2 Å². The second kappa shape index (κ2) is 7.63. The molecular formula is C24H17Cl2N3O. The van der Waals surface area contributed by atoms with Gasteiger partial charge in [-0.3, -0.25) is 4.79 Å². The zero-order valence-corrected chi connectivity index (χ0v) is 17.4. The molecule has 1 unspecified atom stereocenters. The number of aromatic nitrogens is 2. The molecule has 0 aliphatic carbocycles. The lowest BCUT2D eigenvalue weighted by molar-refractivity contribution is -0.119. The third-order valence-electron chi connectivity index (χ3n) is 5.29. The number of benzene rings is 3. The fourth-order valence-electron chi connectivity index (χ4n) is 3.87. The monoisotopic (exact) mass is 433 g/mol. The van der Waals surface area contributed by atoms with Crippen LogP contribution in [0, 0.1) is 0 Å². The largest absolute Gasteiger partial charge is 0.304 e. The van der Waals surface area contributed by atoms with Gasteiger partial charge in [-0.2, -0.15) is 0 Å². The quantitative estimate of drug-likeness (QED) is 0.377. The molecule has 6 heteroatoms. The van der Waals surface area contributed by atoms with Crippen molar-refractivity contribution in [2.24, 2.45) is 0 Å². The maximum absolute atomic E-state index is 13.3. The first-order chi connectivity index (χ1) is 14.6. The summed E-state index contributed by atoms with van der Waals surface area (Å²) in [7, 11) is 0. The van der Waals surface area contributed by atoms with Gasteiger partial charge >= 0.3 is 0 Å². The van der Waals surface area contributed by atoms with Crippen molar-refractivity contribution in [1.82, 2.24) is 9.55 Å². The molecule has 1 amide bonds. The van der Waals surface area contributed by atoms with Crippen molar-refractivity contribution in [2.75, 3.05) is 4.90 Å². The highest BCUT2D eigenvalue weighted by Crippen LogP contribution is 2.38. The number of rotatable bonds is 4. The maximum atomic E-state index is 13.3. The van der Waals surface area contributed by atoms with E-state index in [-0.39, 0.29) is 11.9 Å². The topological polar surface area (TPSA) is 38.1 Å². The lowest BCUT2D eigenvalue weighted by atomic mass is 10.0. The molecule has 0 saturated heterocycles. The minimum Gasteiger partial charge on any atom is -0.304 e. The number of imidazole rings is 1. The Hall–Kier alpha value is -3.08. The van der Waals surface area contributed by atoms with Gasteiger partial charge in [0.05, 0.1) is 5.69 Å². The first kappa shape index (κ1) is 18.9. The first-order valence-electron chi connectivity index (χ1n) is 9.57. The van der Waals surface area contributed by atoms with Gasteiger partial charge in [0.15, 0.2) is 0 Å². The molecule has 1 aromatic heterocycles. The minimum absolute atomic E-state index is 0.0523. The summed E-state index contributed by atoms with van der Waals surface area (Å²) in [6.07, 6.45) is 4.11. The van der Waals surface area contributed by atoms with E-state index in [2.05, 4.69) is 41.4 Å². The predicted octanol–water partition coefficient (Wildman–Crippen LogP) is 6.32. The summed E-state index contributed by atoms with van der Waals surface area (Å²) in [5.74, 6) is 0.521. The second-order valence-electron chi connectivity index (χ2n) is 7.22. The SMILES string of the molecule is O=C1C(Cc2ccc(-c3ccccc3)cc2)n2ccnc2N1c1cc(Cl)cc(Cl)c1. The molecule has 4 aromatic rings. The molecule has 5 rings (SSSR count). The Labute approximate surface area is 184 Å². The lowest BCUT2D eigenvalue weighted by Crippen LogP contribution is -2.26. The van der Waals surface area contributed by atoms with Gasteiger partial charge in [-0.25, -0.2) is 9.88 Å². The average molecular weight is 434 g/mol. The van der Waals surface area contributed by atoms with Crippen LogP contribution in [0.2, 0.25) is 10.0 Å².